The van der Waals surface area contributed by atoms with Gasteiger partial charge in [-0.1, -0.05) is 0 Å². The molecule has 2 unspecified atom stereocenters. The lowest BCUT2D eigenvalue weighted by molar-refractivity contribution is 0.439. The highest BCUT2D eigenvalue weighted by atomic mass is 15.4. The Bertz CT molecular complexity index is 1030. The average molecular weight is 376 g/mol. The molecule has 0 saturated carbocycles. The van der Waals surface area contributed by atoms with E-state index in [0.717, 1.165) is 56.2 Å². The fourth-order valence-corrected chi connectivity index (χ4v) is 3.85. The number of rotatable bonds is 4. The van der Waals surface area contributed by atoms with Crippen LogP contribution in [0.3, 0.4) is 0 Å². The fourth-order valence-electron chi connectivity index (χ4n) is 3.85. The van der Waals surface area contributed by atoms with Gasteiger partial charge in [-0.25, -0.2) is 24.3 Å². The monoisotopic (exact) mass is 376 g/mol. The van der Waals surface area contributed by atoms with E-state index in [1.807, 2.05) is 21.5 Å². The molecule has 2 atom stereocenters. The number of nitrogens with zero attached hydrogens (tertiary/aromatic N) is 8. The van der Waals surface area contributed by atoms with Crippen LogP contribution in [0.25, 0.3) is 0 Å². The molecular formula is C18H20N10. The number of nitriles is 1. The molecule has 2 N–H and O–H groups in total. The fraction of sp³-hybridized carbons (Fsp3) is 0.444. The molecule has 5 rings (SSSR count). The maximum Gasteiger partial charge on any atom is 0.146 e. The van der Waals surface area contributed by atoms with Gasteiger partial charge in [-0.3, -0.25) is 0 Å². The van der Waals surface area contributed by atoms with Crippen LogP contribution in [0.5, 0.6) is 0 Å². The lowest BCUT2D eigenvalue weighted by Crippen LogP contribution is -2.33. The molecule has 3 aromatic heterocycles. The van der Waals surface area contributed by atoms with Gasteiger partial charge in [0.05, 0.1) is 18.7 Å². The molecule has 0 fully saturated rings. The molecule has 10 heteroatoms. The molecule has 0 saturated heterocycles. The summed E-state index contributed by atoms with van der Waals surface area (Å²) in [6, 6.07) is 6.29. The van der Waals surface area contributed by atoms with Crippen LogP contribution >= 0.6 is 0 Å². The van der Waals surface area contributed by atoms with Gasteiger partial charge in [-0.05, 0) is 25.0 Å². The smallest absolute Gasteiger partial charge is 0.146 e. The van der Waals surface area contributed by atoms with E-state index in [2.05, 4.69) is 41.9 Å². The largest absolute Gasteiger partial charge is 0.365 e. The predicted molar refractivity (Wildman–Crippen MR) is 100 cm³/mol. The van der Waals surface area contributed by atoms with Crippen LogP contribution in [0.1, 0.15) is 30.1 Å². The zero-order valence-electron chi connectivity index (χ0n) is 15.3. The van der Waals surface area contributed by atoms with Gasteiger partial charge >= 0.3 is 0 Å². The Kier molecular flexibility index (Phi) is 4.12. The molecule has 28 heavy (non-hydrogen) atoms. The number of aryl methyl sites for hydroxylation is 2. The van der Waals surface area contributed by atoms with Crippen LogP contribution in [0, 0.1) is 11.3 Å². The normalized spacial score (nSPS) is 20.7. The van der Waals surface area contributed by atoms with Crippen molar-refractivity contribution in [3.05, 3.63) is 42.0 Å². The third kappa shape index (κ3) is 3.15. The van der Waals surface area contributed by atoms with Crippen molar-refractivity contribution in [1.82, 2.24) is 34.5 Å². The second-order valence-electron chi connectivity index (χ2n) is 7.18. The van der Waals surface area contributed by atoms with Crippen LogP contribution in [0.4, 0.5) is 11.6 Å². The Balaban J connectivity index is 1.31. The lowest BCUT2D eigenvalue weighted by atomic mass is 10.1. The lowest BCUT2D eigenvalue weighted by Gasteiger charge is -2.26. The molecule has 2 aliphatic heterocycles. The molecule has 0 spiro atoms. The summed E-state index contributed by atoms with van der Waals surface area (Å²) in [4.78, 5) is 13.2. The minimum atomic E-state index is 0.163. The first-order chi connectivity index (χ1) is 13.8. The predicted octanol–water partition coefficient (Wildman–Crippen LogP) is 0.990. The number of hydrogen-bond acceptors (Lipinski definition) is 8. The summed E-state index contributed by atoms with van der Waals surface area (Å²) in [6.45, 7) is 1.48. The Morgan fingerprint density at radius 2 is 1.57 bits per heavy atom. The number of anilines is 2. The van der Waals surface area contributed by atoms with E-state index in [4.69, 9.17) is 0 Å². The highest BCUT2D eigenvalue weighted by Crippen LogP contribution is 2.22. The van der Waals surface area contributed by atoms with E-state index < -0.39 is 0 Å². The van der Waals surface area contributed by atoms with Gasteiger partial charge in [-0.2, -0.15) is 15.5 Å². The molecule has 5 heterocycles. The van der Waals surface area contributed by atoms with Crippen molar-refractivity contribution in [3.8, 4) is 6.07 Å². The van der Waals surface area contributed by atoms with E-state index in [-0.39, 0.29) is 12.1 Å². The second-order valence-corrected chi connectivity index (χ2v) is 7.18. The van der Waals surface area contributed by atoms with Gasteiger partial charge in [0.1, 0.15) is 42.0 Å². The first kappa shape index (κ1) is 16.7. The molecule has 3 aromatic rings. The van der Waals surface area contributed by atoms with Crippen molar-refractivity contribution in [2.24, 2.45) is 0 Å². The van der Waals surface area contributed by atoms with Crippen LogP contribution in [-0.2, 0) is 25.9 Å². The number of pyridine rings is 1. The SMILES string of the molecule is N#Cc1ccc(NC2CCc3ncnn3C2)nc1NC1CCc2ncnn2C1. The maximum atomic E-state index is 9.47. The highest BCUT2D eigenvalue weighted by molar-refractivity contribution is 5.57. The molecule has 142 valence electrons. The second kappa shape index (κ2) is 6.92. The van der Waals surface area contributed by atoms with Crippen molar-refractivity contribution in [2.45, 2.75) is 50.9 Å². The minimum absolute atomic E-state index is 0.163. The molecular weight excluding hydrogens is 356 g/mol. The maximum absolute atomic E-state index is 9.47. The molecule has 2 aliphatic rings. The number of aromatic nitrogens is 7. The first-order valence-corrected chi connectivity index (χ1v) is 9.46. The Morgan fingerprint density at radius 1 is 0.929 bits per heavy atom. The summed E-state index contributed by atoms with van der Waals surface area (Å²) >= 11 is 0. The van der Waals surface area contributed by atoms with Crippen molar-refractivity contribution in [1.29, 1.82) is 5.26 Å². The van der Waals surface area contributed by atoms with Crippen molar-refractivity contribution in [3.63, 3.8) is 0 Å². The average Bonchev–Trinajstić information content (AvgIpc) is 3.36. The third-order valence-electron chi connectivity index (χ3n) is 5.32. The summed E-state index contributed by atoms with van der Waals surface area (Å²) in [5.41, 5.74) is 0.539. The Morgan fingerprint density at radius 3 is 2.21 bits per heavy atom. The molecule has 0 radical (unpaired) electrons. The molecule has 0 bridgehead atoms. The third-order valence-corrected chi connectivity index (χ3v) is 5.32. The minimum Gasteiger partial charge on any atom is -0.365 e. The summed E-state index contributed by atoms with van der Waals surface area (Å²) in [5.74, 6) is 3.40. The van der Waals surface area contributed by atoms with Gasteiger partial charge in [0.25, 0.3) is 0 Å². The topological polar surface area (TPSA) is 122 Å². The first-order valence-electron chi connectivity index (χ1n) is 9.46. The van der Waals surface area contributed by atoms with Crippen molar-refractivity contribution >= 4 is 11.6 Å². The quantitative estimate of drug-likeness (QED) is 0.691. The van der Waals surface area contributed by atoms with Gasteiger partial charge in [0.15, 0.2) is 0 Å². The number of nitrogens with one attached hydrogen (secondary N) is 2. The number of hydrogen-bond donors (Lipinski definition) is 2. The zero-order chi connectivity index (χ0) is 18.9. The van der Waals surface area contributed by atoms with E-state index in [1.165, 1.54) is 0 Å². The van der Waals surface area contributed by atoms with Gasteiger partial charge in [0.2, 0.25) is 0 Å². The summed E-state index contributed by atoms with van der Waals surface area (Å²) in [7, 11) is 0. The van der Waals surface area contributed by atoms with E-state index in [0.29, 0.717) is 11.4 Å². The standard InChI is InChI=1S/C18H20N10/c19-7-12-1-4-15(24-13-2-5-16-20-10-22-27(16)8-13)26-18(12)25-14-3-6-17-21-11-23-28(17)9-14/h1,4,10-11,13-14H,2-3,5-6,8-9H2,(H2,24,25,26). The highest BCUT2D eigenvalue weighted by Gasteiger charge is 2.23. The summed E-state index contributed by atoms with van der Waals surface area (Å²) in [5, 5.41) is 24.9. The van der Waals surface area contributed by atoms with Crippen molar-refractivity contribution < 1.29 is 0 Å². The van der Waals surface area contributed by atoms with Crippen LogP contribution < -0.4 is 10.6 Å². The molecule has 10 nitrogen and oxygen atoms in total. The summed E-state index contributed by atoms with van der Waals surface area (Å²) < 4.78 is 3.84. The van der Waals surface area contributed by atoms with Gasteiger partial charge < -0.3 is 10.6 Å². The summed E-state index contributed by atoms with van der Waals surface area (Å²) in [6.07, 6.45) is 6.85. The van der Waals surface area contributed by atoms with Crippen LogP contribution in [0.15, 0.2) is 24.8 Å². The van der Waals surface area contributed by atoms with Crippen molar-refractivity contribution in [2.75, 3.05) is 10.6 Å². The Hall–Kier alpha value is -3.48. The van der Waals surface area contributed by atoms with Gasteiger partial charge in [0, 0.05) is 24.9 Å². The van der Waals surface area contributed by atoms with E-state index in [9.17, 15) is 5.26 Å². The van der Waals surface area contributed by atoms with E-state index in [1.54, 1.807) is 12.7 Å². The molecule has 0 aromatic carbocycles. The number of fused-ring (bicyclic) bond motifs is 2. The van der Waals surface area contributed by atoms with E-state index >= 15 is 0 Å². The van der Waals surface area contributed by atoms with Gasteiger partial charge in [-0.15, -0.1) is 0 Å². The molecule has 0 amide bonds. The Labute approximate surface area is 161 Å². The molecule has 0 aliphatic carbocycles. The van der Waals surface area contributed by atoms with Crippen LogP contribution in [-0.4, -0.2) is 46.6 Å². The zero-order valence-corrected chi connectivity index (χ0v) is 15.3. The van der Waals surface area contributed by atoms with Crippen LogP contribution in [0.2, 0.25) is 0 Å².